The van der Waals surface area contributed by atoms with Crippen molar-refractivity contribution in [3.05, 3.63) is 0 Å². The van der Waals surface area contributed by atoms with E-state index in [1.165, 1.54) is 38.8 Å². The maximum atomic E-state index is 5.23. The van der Waals surface area contributed by atoms with Gasteiger partial charge in [0.1, 0.15) is 0 Å². The summed E-state index contributed by atoms with van der Waals surface area (Å²) in [7, 11) is 0. The minimum atomic E-state index is 0. The average molecular weight is 378 g/mol. The Labute approximate surface area is 134 Å². The van der Waals surface area contributed by atoms with E-state index in [0.29, 0.717) is 6.54 Å². The van der Waals surface area contributed by atoms with Gasteiger partial charge in [-0.3, -0.25) is 4.99 Å². The Hall–Kier alpha value is -0.480. The first kappa shape index (κ1) is 18.5. The van der Waals surface area contributed by atoms with Crippen LogP contribution in [-0.4, -0.2) is 50.1 Å². The third-order valence-electron chi connectivity index (χ3n) is 3.09. The minimum absolute atomic E-state index is 0. The minimum Gasteiger partial charge on any atom is -0.357 e. The molecule has 0 spiro atoms. The van der Waals surface area contributed by atoms with Crippen molar-refractivity contribution in [2.75, 3.05) is 39.3 Å². The van der Waals surface area contributed by atoms with Crippen molar-refractivity contribution >= 4 is 29.9 Å². The van der Waals surface area contributed by atoms with Crippen LogP contribution in [0.1, 0.15) is 32.6 Å². The number of hydrogen-bond acceptors (Lipinski definition) is 2. The summed E-state index contributed by atoms with van der Waals surface area (Å²) in [4.78, 5) is 7.05. The Bertz CT molecular complexity index is 278. The molecule has 2 N–H and O–H groups in total. The third-order valence-corrected chi connectivity index (χ3v) is 3.09. The van der Waals surface area contributed by atoms with E-state index in [4.69, 9.17) is 6.42 Å². The molecule has 0 radical (unpaired) electrons. The van der Waals surface area contributed by atoms with Gasteiger partial charge in [-0.05, 0) is 32.9 Å². The van der Waals surface area contributed by atoms with Crippen molar-refractivity contribution < 1.29 is 0 Å². The van der Waals surface area contributed by atoms with Crippen LogP contribution >= 0.6 is 24.0 Å². The highest BCUT2D eigenvalue weighted by Gasteiger charge is 2.07. The van der Waals surface area contributed by atoms with E-state index in [1.807, 2.05) is 0 Å². The van der Waals surface area contributed by atoms with Gasteiger partial charge >= 0.3 is 0 Å². The Balaban J connectivity index is 0.00000324. The van der Waals surface area contributed by atoms with E-state index in [9.17, 15) is 0 Å². The second-order valence-electron chi connectivity index (χ2n) is 4.57. The van der Waals surface area contributed by atoms with Crippen LogP contribution in [0.5, 0.6) is 0 Å². The molecule has 5 heteroatoms. The number of hydrogen-bond donors (Lipinski definition) is 2. The highest BCUT2D eigenvalue weighted by atomic mass is 127. The maximum absolute atomic E-state index is 5.23. The van der Waals surface area contributed by atoms with Crippen LogP contribution in [0.2, 0.25) is 0 Å². The SMILES string of the molecule is C#CCNC(=NCCN1CCCCCC1)NCC.I. The summed E-state index contributed by atoms with van der Waals surface area (Å²) >= 11 is 0. The van der Waals surface area contributed by atoms with Gasteiger partial charge in [0, 0.05) is 13.1 Å². The lowest BCUT2D eigenvalue weighted by Crippen LogP contribution is -2.38. The highest BCUT2D eigenvalue weighted by molar-refractivity contribution is 14.0. The van der Waals surface area contributed by atoms with Gasteiger partial charge in [-0.25, -0.2) is 0 Å². The number of likely N-dealkylation sites (tertiary alicyclic amines) is 1. The fourth-order valence-electron chi connectivity index (χ4n) is 2.14. The normalized spacial score (nSPS) is 16.9. The molecule has 1 aliphatic heterocycles. The first-order chi connectivity index (χ1) is 8.86. The Morgan fingerprint density at radius 1 is 1.21 bits per heavy atom. The van der Waals surface area contributed by atoms with Crippen molar-refractivity contribution in [1.29, 1.82) is 0 Å². The van der Waals surface area contributed by atoms with Crippen LogP contribution in [0.3, 0.4) is 0 Å². The number of rotatable bonds is 5. The lowest BCUT2D eigenvalue weighted by Gasteiger charge is -2.18. The molecule has 0 aromatic rings. The van der Waals surface area contributed by atoms with Gasteiger partial charge in [-0.1, -0.05) is 18.8 Å². The summed E-state index contributed by atoms with van der Waals surface area (Å²) in [6.45, 7) is 7.78. The van der Waals surface area contributed by atoms with Crippen LogP contribution in [-0.2, 0) is 0 Å². The number of aliphatic imine (C=N–C) groups is 1. The van der Waals surface area contributed by atoms with E-state index in [1.54, 1.807) is 0 Å². The Morgan fingerprint density at radius 3 is 2.47 bits per heavy atom. The Morgan fingerprint density at radius 2 is 1.89 bits per heavy atom. The predicted octanol–water partition coefficient (Wildman–Crippen LogP) is 1.67. The van der Waals surface area contributed by atoms with Crippen LogP contribution < -0.4 is 10.6 Å². The van der Waals surface area contributed by atoms with Gasteiger partial charge in [0.25, 0.3) is 0 Å². The largest absolute Gasteiger partial charge is 0.357 e. The molecule has 0 aromatic carbocycles. The van der Waals surface area contributed by atoms with Crippen molar-refractivity contribution in [2.24, 2.45) is 4.99 Å². The molecule has 0 aromatic heterocycles. The maximum Gasteiger partial charge on any atom is 0.192 e. The number of halogens is 1. The van der Waals surface area contributed by atoms with Gasteiger partial charge < -0.3 is 15.5 Å². The van der Waals surface area contributed by atoms with Crippen LogP contribution in [0, 0.1) is 12.3 Å². The fraction of sp³-hybridized carbons (Fsp3) is 0.786. The van der Waals surface area contributed by atoms with E-state index in [0.717, 1.165) is 25.6 Å². The van der Waals surface area contributed by atoms with E-state index >= 15 is 0 Å². The standard InChI is InChI=1S/C14H26N4.HI/c1-3-9-16-14(15-4-2)17-10-13-18-11-7-5-6-8-12-18;/h1H,4-13H2,2H3,(H2,15,16,17);1H. The third kappa shape index (κ3) is 9.11. The van der Waals surface area contributed by atoms with Gasteiger partial charge in [0.05, 0.1) is 13.1 Å². The zero-order valence-corrected chi connectivity index (χ0v) is 14.3. The van der Waals surface area contributed by atoms with Crippen LogP contribution in [0.4, 0.5) is 0 Å². The molecule has 1 aliphatic rings. The summed E-state index contributed by atoms with van der Waals surface area (Å²) in [6, 6.07) is 0. The van der Waals surface area contributed by atoms with Crippen LogP contribution in [0.25, 0.3) is 0 Å². The molecule has 19 heavy (non-hydrogen) atoms. The molecule has 0 amide bonds. The summed E-state index contributed by atoms with van der Waals surface area (Å²) in [5.74, 6) is 3.39. The number of terminal acetylenes is 1. The predicted molar refractivity (Wildman–Crippen MR) is 93.1 cm³/mol. The molecule has 0 aliphatic carbocycles. The highest BCUT2D eigenvalue weighted by Crippen LogP contribution is 2.08. The summed E-state index contributed by atoms with van der Waals surface area (Å²) in [5.41, 5.74) is 0. The lowest BCUT2D eigenvalue weighted by atomic mass is 10.2. The number of nitrogens with one attached hydrogen (secondary N) is 2. The lowest BCUT2D eigenvalue weighted by molar-refractivity contribution is 0.293. The first-order valence-corrected chi connectivity index (χ1v) is 7.04. The molecule has 1 saturated heterocycles. The van der Waals surface area contributed by atoms with Gasteiger partial charge in [-0.15, -0.1) is 30.4 Å². The van der Waals surface area contributed by atoms with E-state index < -0.39 is 0 Å². The second kappa shape index (κ2) is 12.5. The van der Waals surface area contributed by atoms with Crippen LogP contribution in [0.15, 0.2) is 4.99 Å². The molecule has 110 valence electrons. The molecule has 1 heterocycles. The van der Waals surface area contributed by atoms with Crippen molar-refractivity contribution in [3.8, 4) is 12.3 Å². The van der Waals surface area contributed by atoms with Gasteiger partial charge in [0.2, 0.25) is 0 Å². The quantitative estimate of drug-likeness (QED) is 0.331. The number of guanidine groups is 1. The fourth-order valence-corrected chi connectivity index (χ4v) is 2.14. The monoisotopic (exact) mass is 378 g/mol. The summed E-state index contributed by atoms with van der Waals surface area (Å²) in [5, 5.41) is 6.30. The van der Waals surface area contributed by atoms with Crippen molar-refractivity contribution in [3.63, 3.8) is 0 Å². The van der Waals surface area contributed by atoms with E-state index in [2.05, 4.69) is 33.4 Å². The smallest absolute Gasteiger partial charge is 0.192 e. The average Bonchev–Trinajstić information content (AvgIpc) is 2.64. The molecular weight excluding hydrogens is 351 g/mol. The van der Waals surface area contributed by atoms with Crippen molar-refractivity contribution in [2.45, 2.75) is 32.6 Å². The molecular formula is C14H27IN4. The number of nitrogens with zero attached hydrogens (tertiary/aromatic N) is 2. The summed E-state index contributed by atoms with van der Waals surface area (Å²) < 4.78 is 0. The molecule has 1 rings (SSSR count). The zero-order chi connectivity index (χ0) is 13.1. The zero-order valence-electron chi connectivity index (χ0n) is 12.0. The van der Waals surface area contributed by atoms with Crippen molar-refractivity contribution in [1.82, 2.24) is 15.5 Å². The van der Waals surface area contributed by atoms with Gasteiger partial charge in [0.15, 0.2) is 5.96 Å². The topological polar surface area (TPSA) is 39.7 Å². The molecule has 0 bridgehead atoms. The molecule has 1 fully saturated rings. The summed E-state index contributed by atoms with van der Waals surface area (Å²) in [6.07, 6.45) is 10.7. The molecule has 0 saturated carbocycles. The van der Waals surface area contributed by atoms with Gasteiger partial charge in [-0.2, -0.15) is 0 Å². The molecule has 0 atom stereocenters. The Kier molecular flexibility index (Phi) is 12.2. The molecule has 0 unspecified atom stereocenters. The molecule has 4 nitrogen and oxygen atoms in total. The second-order valence-corrected chi connectivity index (χ2v) is 4.57. The first-order valence-electron chi connectivity index (χ1n) is 7.04. The van der Waals surface area contributed by atoms with E-state index in [-0.39, 0.29) is 24.0 Å².